The number of pyridine rings is 1. The van der Waals surface area contributed by atoms with Crippen LogP contribution in [0.1, 0.15) is 42.2 Å². The molecule has 0 unspecified atom stereocenters. The van der Waals surface area contributed by atoms with Crippen molar-refractivity contribution in [1.29, 1.82) is 0 Å². The molecule has 0 atom stereocenters. The first-order valence-electron chi connectivity index (χ1n) is 13.2. The molecule has 3 heterocycles. The van der Waals surface area contributed by atoms with Gasteiger partial charge in [0.1, 0.15) is 5.82 Å². The summed E-state index contributed by atoms with van der Waals surface area (Å²) in [4.78, 5) is 48.0. The van der Waals surface area contributed by atoms with Gasteiger partial charge in [0, 0.05) is 40.8 Å². The fourth-order valence-corrected chi connectivity index (χ4v) is 4.32. The number of fused-ring (bicyclic) bond motifs is 2. The number of hydrogen-bond acceptors (Lipinski definition) is 6. The van der Waals surface area contributed by atoms with Crippen LogP contribution in [0.4, 0.5) is 5.82 Å². The Morgan fingerprint density at radius 1 is 0.605 bits per heavy atom. The molecule has 0 aliphatic heterocycles. The second-order valence-corrected chi connectivity index (χ2v) is 9.51. The molecule has 6 rings (SSSR count). The number of carbonyl (C=O) groups excluding carboxylic acids is 3. The van der Waals surface area contributed by atoms with Gasteiger partial charge in [-0.2, -0.15) is 10.2 Å². The van der Waals surface area contributed by atoms with Gasteiger partial charge < -0.3 is 15.3 Å². The first kappa shape index (κ1) is 26.8. The van der Waals surface area contributed by atoms with E-state index in [0.29, 0.717) is 11.1 Å². The van der Waals surface area contributed by atoms with Gasteiger partial charge in [-0.1, -0.05) is 24.3 Å². The van der Waals surface area contributed by atoms with Crippen LogP contribution in [0, 0.1) is 0 Å². The summed E-state index contributed by atoms with van der Waals surface area (Å²) in [5.74, 6) is -1.01. The number of nitrogens with one attached hydrogen (secondary N) is 5. The quantitative estimate of drug-likeness (QED) is 0.132. The summed E-state index contributed by atoms with van der Waals surface area (Å²) in [5.41, 5.74) is 9.51. The molecular weight excluding hydrogens is 544 g/mol. The van der Waals surface area contributed by atoms with Gasteiger partial charge in [-0.3, -0.25) is 14.4 Å². The lowest BCUT2D eigenvalue weighted by Crippen LogP contribution is -2.19. The number of aromatic amines is 2. The maximum absolute atomic E-state index is 12.7. The smallest absolute Gasteiger partial charge is 0.272 e. The maximum atomic E-state index is 12.7. The number of aromatic nitrogens is 3. The number of carbonyl (C=O) groups is 3. The molecule has 11 nitrogen and oxygen atoms in total. The summed E-state index contributed by atoms with van der Waals surface area (Å²) >= 11 is 0. The molecule has 43 heavy (non-hydrogen) atoms. The minimum Gasteiger partial charge on any atom is -0.361 e. The van der Waals surface area contributed by atoms with E-state index in [4.69, 9.17) is 0 Å². The molecule has 3 amide bonds. The summed E-state index contributed by atoms with van der Waals surface area (Å²) in [6, 6.07) is 24.7. The number of hydrogen-bond donors (Lipinski definition) is 5. The lowest BCUT2D eigenvalue weighted by molar-refractivity contribution is 0.0946. The van der Waals surface area contributed by atoms with E-state index in [2.05, 4.69) is 41.3 Å². The molecule has 3 aromatic heterocycles. The van der Waals surface area contributed by atoms with Crippen molar-refractivity contribution in [2.24, 2.45) is 10.2 Å². The number of H-pyrrole nitrogens is 2. The molecule has 0 fully saturated rings. The van der Waals surface area contributed by atoms with Crippen molar-refractivity contribution in [2.45, 2.75) is 0 Å². The Balaban J connectivity index is 0.992. The molecule has 0 aliphatic rings. The van der Waals surface area contributed by atoms with Gasteiger partial charge in [0.25, 0.3) is 17.7 Å². The molecule has 0 bridgehead atoms. The van der Waals surface area contributed by atoms with Crippen LogP contribution >= 0.6 is 0 Å². The number of benzene rings is 3. The van der Waals surface area contributed by atoms with Crippen molar-refractivity contribution in [3.05, 3.63) is 131 Å². The van der Waals surface area contributed by atoms with Crippen LogP contribution < -0.4 is 16.2 Å². The monoisotopic (exact) mass is 568 g/mol. The number of anilines is 1. The summed E-state index contributed by atoms with van der Waals surface area (Å²) in [5, 5.41) is 12.9. The first-order chi connectivity index (χ1) is 21.0. The van der Waals surface area contributed by atoms with E-state index in [1.54, 1.807) is 12.4 Å². The zero-order chi connectivity index (χ0) is 29.6. The average molecular weight is 569 g/mol. The van der Waals surface area contributed by atoms with Crippen LogP contribution in [0.15, 0.2) is 114 Å². The number of nitrogens with zero attached hydrogens (tertiary/aromatic N) is 3. The summed E-state index contributed by atoms with van der Waals surface area (Å²) in [7, 11) is 0. The molecule has 3 aromatic carbocycles. The molecular formula is C32H24N8O3. The molecule has 5 N–H and O–H groups in total. The molecule has 210 valence electrons. The zero-order valence-electron chi connectivity index (χ0n) is 22.5. The third-order valence-electron chi connectivity index (χ3n) is 6.59. The normalized spacial score (nSPS) is 11.3. The third-order valence-corrected chi connectivity index (χ3v) is 6.59. The predicted molar refractivity (Wildman–Crippen MR) is 165 cm³/mol. The van der Waals surface area contributed by atoms with Crippen molar-refractivity contribution in [1.82, 2.24) is 25.8 Å². The Morgan fingerprint density at radius 2 is 1.12 bits per heavy atom. The van der Waals surface area contributed by atoms with Gasteiger partial charge in [0.05, 0.1) is 18.0 Å². The highest BCUT2D eigenvalue weighted by molar-refractivity contribution is 6.05. The highest BCUT2D eigenvalue weighted by Crippen LogP contribution is 2.14. The molecule has 0 aliphatic carbocycles. The van der Waals surface area contributed by atoms with E-state index in [0.717, 1.165) is 32.9 Å². The Kier molecular flexibility index (Phi) is 7.51. The van der Waals surface area contributed by atoms with Crippen LogP contribution in [0.5, 0.6) is 0 Å². The summed E-state index contributed by atoms with van der Waals surface area (Å²) < 4.78 is 0. The van der Waals surface area contributed by atoms with Crippen LogP contribution in [0.2, 0.25) is 0 Å². The Bertz CT molecular complexity index is 2000. The van der Waals surface area contributed by atoms with Crippen LogP contribution in [0.25, 0.3) is 21.8 Å². The third kappa shape index (κ3) is 6.36. The van der Waals surface area contributed by atoms with E-state index in [-0.39, 0.29) is 11.4 Å². The van der Waals surface area contributed by atoms with Gasteiger partial charge >= 0.3 is 0 Å². The molecule has 0 spiro atoms. The van der Waals surface area contributed by atoms with Crippen molar-refractivity contribution >= 4 is 57.8 Å². The second-order valence-electron chi connectivity index (χ2n) is 9.51. The van der Waals surface area contributed by atoms with Crippen molar-refractivity contribution in [2.75, 3.05) is 5.32 Å². The average Bonchev–Trinajstić information content (AvgIpc) is 3.70. The summed E-state index contributed by atoms with van der Waals surface area (Å²) in [6.45, 7) is 0. The molecule has 0 radical (unpaired) electrons. The fourth-order valence-electron chi connectivity index (χ4n) is 4.32. The molecule has 11 heteroatoms. The Hall–Kier alpha value is -6.36. The van der Waals surface area contributed by atoms with Gasteiger partial charge in [-0.25, -0.2) is 15.8 Å². The van der Waals surface area contributed by atoms with E-state index >= 15 is 0 Å². The van der Waals surface area contributed by atoms with Crippen molar-refractivity contribution in [3.8, 4) is 0 Å². The number of amides is 3. The molecule has 0 saturated heterocycles. The van der Waals surface area contributed by atoms with E-state index in [1.165, 1.54) is 42.6 Å². The number of hydrazone groups is 2. The highest BCUT2D eigenvalue weighted by Gasteiger charge is 2.11. The molecule has 6 aromatic rings. The minimum atomic E-state index is -0.442. The highest BCUT2D eigenvalue weighted by atomic mass is 16.2. The second kappa shape index (κ2) is 12.0. The topological polar surface area (TPSA) is 156 Å². The predicted octanol–water partition coefficient (Wildman–Crippen LogP) is 4.82. The van der Waals surface area contributed by atoms with Crippen molar-refractivity contribution in [3.63, 3.8) is 0 Å². The summed E-state index contributed by atoms with van der Waals surface area (Å²) in [6.07, 6.45) is 8.16. The first-order valence-corrected chi connectivity index (χ1v) is 13.2. The number of rotatable bonds is 8. The van der Waals surface area contributed by atoms with E-state index in [9.17, 15) is 14.4 Å². The van der Waals surface area contributed by atoms with Gasteiger partial charge in [0.15, 0.2) is 0 Å². The standard InChI is InChI=1S/C32H24N8O3/c41-30(24-5-7-25(8-6-24)31(42)39-36-17-20-1-3-22-11-13-33-27(22)15-20)38-29-10-9-26(19-35-29)32(43)40-37-18-21-2-4-23-12-14-34-28(23)16-21/h1-19,33-34H,(H,39,42)(H,40,43)(H,35,38,41)/b36-17+,37-18+. The Morgan fingerprint density at radius 3 is 1.65 bits per heavy atom. The van der Waals surface area contributed by atoms with Crippen LogP contribution in [-0.4, -0.2) is 45.1 Å². The van der Waals surface area contributed by atoms with Gasteiger partial charge in [-0.15, -0.1) is 0 Å². The van der Waals surface area contributed by atoms with E-state index < -0.39 is 17.7 Å². The maximum Gasteiger partial charge on any atom is 0.272 e. The van der Waals surface area contributed by atoms with Gasteiger partial charge in [-0.05, 0) is 82.6 Å². The van der Waals surface area contributed by atoms with Gasteiger partial charge in [0.2, 0.25) is 0 Å². The molecule has 0 saturated carbocycles. The Labute approximate surface area is 244 Å². The van der Waals surface area contributed by atoms with Crippen LogP contribution in [-0.2, 0) is 0 Å². The lowest BCUT2D eigenvalue weighted by Gasteiger charge is -2.06. The zero-order valence-corrected chi connectivity index (χ0v) is 22.5. The SMILES string of the molecule is O=C(N/N=C/c1ccc2cc[nH]c2c1)c1ccc(C(=O)Nc2ccc(C(=O)N/N=C/c3ccc4cc[nH]c4c3)cn2)cc1. The largest absolute Gasteiger partial charge is 0.361 e. The fraction of sp³-hybridized carbons (Fsp3) is 0. The lowest BCUT2D eigenvalue weighted by atomic mass is 10.1. The van der Waals surface area contributed by atoms with Crippen LogP contribution in [0.3, 0.4) is 0 Å². The minimum absolute atomic E-state index is 0.262. The van der Waals surface area contributed by atoms with E-state index in [1.807, 2.05) is 60.9 Å². The van der Waals surface area contributed by atoms with Crippen molar-refractivity contribution < 1.29 is 14.4 Å².